The molecular weight excluding hydrogens is 517 g/mol. The first-order valence-electron chi connectivity index (χ1n) is 10.9. The fraction of sp³-hybridized carbons (Fsp3) is 0.417. The number of anilines is 1. The molecule has 0 bridgehead atoms. The van der Waals surface area contributed by atoms with Crippen molar-refractivity contribution in [3.8, 4) is 0 Å². The van der Waals surface area contributed by atoms with Gasteiger partial charge in [0.05, 0.1) is 13.1 Å². The normalized spacial score (nSPS) is 15.5. The molecule has 7 nitrogen and oxygen atoms in total. The molecule has 1 aliphatic rings. The highest BCUT2D eigenvalue weighted by Gasteiger charge is 2.23. The summed E-state index contributed by atoms with van der Waals surface area (Å²) in [6, 6.07) is 17.3. The van der Waals surface area contributed by atoms with Gasteiger partial charge in [0.15, 0.2) is 5.96 Å². The Bertz CT molecular complexity index is 883. The van der Waals surface area contributed by atoms with Crippen molar-refractivity contribution >= 4 is 41.7 Å². The van der Waals surface area contributed by atoms with Crippen molar-refractivity contribution in [3.63, 3.8) is 0 Å². The number of amides is 2. The summed E-state index contributed by atoms with van der Waals surface area (Å²) in [7, 11) is 0. The lowest BCUT2D eigenvalue weighted by molar-refractivity contribution is 0.0617. The topological polar surface area (TPSA) is 89.0 Å². The number of guanidine groups is 1. The number of nitrogens with zero attached hydrogens (tertiary/aromatic N) is 2. The van der Waals surface area contributed by atoms with Crippen molar-refractivity contribution < 1.29 is 9.90 Å². The molecule has 2 aromatic carbocycles. The van der Waals surface area contributed by atoms with Crippen LogP contribution in [0.15, 0.2) is 59.6 Å². The van der Waals surface area contributed by atoms with Crippen LogP contribution in [0.2, 0.25) is 0 Å². The van der Waals surface area contributed by atoms with Crippen molar-refractivity contribution in [3.05, 3.63) is 65.7 Å². The SMILES string of the molecule is CCNC(=NCc1cccc(NC(=O)N2CCCC2)c1)NCC(C)(O)c1ccccc1.I. The molecule has 2 aromatic rings. The van der Waals surface area contributed by atoms with Crippen molar-refractivity contribution in [2.75, 3.05) is 31.5 Å². The van der Waals surface area contributed by atoms with Crippen LogP contribution in [-0.2, 0) is 12.1 Å². The molecule has 32 heavy (non-hydrogen) atoms. The average molecular weight is 551 g/mol. The van der Waals surface area contributed by atoms with Crippen LogP contribution in [0.5, 0.6) is 0 Å². The summed E-state index contributed by atoms with van der Waals surface area (Å²) in [6.45, 7) is 6.92. The number of aliphatic imine (C=N–C) groups is 1. The highest BCUT2D eigenvalue weighted by Crippen LogP contribution is 2.19. The van der Waals surface area contributed by atoms with Gasteiger partial charge in [-0.15, -0.1) is 24.0 Å². The number of urea groups is 1. The molecule has 0 radical (unpaired) electrons. The number of carbonyl (C=O) groups excluding carboxylic acids is 1. The summed E-state index contributed by atoms with van der Waals surface area (Å²) in [5.74, 6) is 0.630. The van der Waals surface area contributed by atoms with E-state index < -0.39 is 5.60 Å². The van der Waals surface area contributed by atoms with Crippen LogP contribution in [0.25, 0.3) is 0 Å². The van der Waals surface area contributed by atoms with Gasteiger partial charge in [0.2, 0.25) is 0 Å². The predicted octanol–water partition coefficient (Wildman–Crippen LogP) is 3.90. The second-order valence-electron chi connectivity index (χ2n) is 8.01. The van der Waals surface area contributed by atoms with Crippen LogP contribution in [0.4, 0.5) is 10.5 Å². The van der Waals surface area contributed by atoms with E-state index >= 15 is 0 Å². The van der Waals surface area contributed by atoms with E-state index in [1.807, 2.05) is 66.4 Å². The summed E-state index contributed by atoms with van der Waals surface area (Å²) >= 11 is 0. The molecule has 1 atom stereocenters. The fourth-order valence-corrected chi connectivity index (χ4v) is 3.54. The van der Waals surface area contributed by atoms with E-state index in [4.69, 9.17) is 0 Å². The largest absolute Gasteiger partial charge is 0.384 e. The molecule has 1 unspecified atom stereocenters. The quantitative estimate of drug-likeness (QED) is 0.239. The summed E-state index contributed by atoms with van der Waals surface area (Å²) in [5, 5.41) is 20.2. The number of nitrogens with one attached hydrogen (secondary N) is 3. The smallest absolute Gasteiger partial charge is 0.321 e. The van der Waals surface area contributed by atoms with Crippen LogP contribution in [0.1, 0.15) is 37.8 Å². The van der Waals surface area contributed by atoms with Gasteiger partial charge in [-0.05, 0) is 49.9 Å². The first kappa shape index (κ1) is 25.9. The molecule has 0 spiro atoms. The van der Waals surface area contributed by atoms with Crippen molar-refractivity contribution in [2.24, 2.45) is 4.99 Å². The minimum atomic E-state index is -1.02. The van der Waals surface area contributed by atoms with Crippen LogP contribution < -0.4 is 16.0 Å². The Labute approximate surface area is 207 Å². The van der Waals surface area contributed by atoms with Gasteiger partial charge in [-0.2, -0.15) is 0 Å². The maximum atomic E-state index is 12.3. The lowest BCUT2D eigenvalue weighted by Crippen LogP contribution is -2.44. The molecule has 0 aromatic heterocycles. The van der Waals surface area contributed by atoms with E-state index in [9.17, 15) is 9.90 Å². The summed E-state index contributed by atoms with van der Waals surface area (Å²) in [4.78, 5) is 18.8. The molecule has 1 heterocycles. The van der Waals surface area contributed by atoms with Gasteiger partial charge in [0, 0.05) is 25.3 Å². The zero-order chi connectivity index (χ0) is 22.1. The summed E-state index contributed by atoms with van der Waals surface area (Å²) in [6.07, 6.45) is 2.14. The van der Waals surface area contributed by atoms with E-state index in [0.717, 1.165) is 42.7 Å². The zero-order valence-corrected chi connectivity index (χ0v) is 21.1. The highest BCUT2D eigenvalue weighted by molar-refractivity contribution is 14.0. The van der Waals surface area contributed by atoms with Crippen LogP contribution >= 0.6 is 24.0 Å². The van der Waals surface area contributed by atoms with Crippen LogP contribution in [0, 0.1) is 0 Å². The maximum Gasteiger partial charge on any atom is 0.321 e. The molecular formula is C24H34IN5O2. The van der Waals surface area contributed by atoms with Crippen molar-refractivity contribution in [1.29, 1.82) is 0 Å². The average Bonchev–Trinajstić information content (AvgIpc) is 3.32. The Morgan fingerprint density at radius 2 is 1.81 bits per heavy atom. The lowest BCUT2D eigenvalue weighted by Gasteiger charge is -2.25. The summed E-state index contributed by atoms with van der Waals surface area (Å²) in [5.41, 5.74) is 1.60. The molecule has 3 rings (SSSR count). The molecule has 0 aliphatic carbocycles. The van der Waals surface area contributed by atoms with E-state index in [1.165, 1.54) is 0 Å². The number of halogens is 1. The van der Waals surface area contributed by atoms with Gasteiger partial charge >= 0.3 is 6.03 Å². The molecule has 1 aliphatic heterocycles. The third kappa shape index (κ3) is 7.67. The predicted molar refractivity (Wildman–Crippen MR) is 141 cm³/mol. The van der Waals surface area contributed by atoms with Gasteiger partial charge in [-0.3, -0.25) is 0 Å². The second kappa shape index (κ2) is 12.6. The second-order valence-corrected chi connectivity index (χ2v) is 8.01. The Hall–Kier alpha value is -2.33. The Morgan fingerprint density at radius 1 is 1.09 bits per heavy atom. The standard InChI is InChI=1S/C24H33N5O2.HI/c1-3-25-22(27-18-24(2,31)20-11-5-4-6-12-20)26-17-19-10-9-13-21(16-19)28-23(30)29-14-7-8-15-29;/h4-6,9-13,16,31H,3,7-8,14-15,17-18H2,1-2H3,(H,28,30)(H2,25,26,27);1H. The number of benzene rings is 2. The van der Waals surface area contributed by atoms with Gasteiger partial charge in [-0.25, -0.2) is 9.79 Å². The molecule has 1 fully saturated rings. The number of likely N-dealkylation sites (tertiary alicyclic amines) is 1. The van der Waals surface area contributed by atoms with E-state index in [2.05, 4.69) is 20.9 Å². The first-order valence-corrected chi connectivity index (χ1v) is 10.9. The number of carbonyl (C=O) groups is 1. The number of hydrogen-bond donors (Lipinski definition) is 4. The molecule has 2 amide bonds. The molecule has 174 valence electrons. The van der Waals surface area contributed by atoms with Gasteiger partial charge in [0.1, 0.15) is 5.60 Å². The van der Waals surface area contributed by atoms with Crippen molar-refractivity contribution in [2.45, 2.75) is 38.8 Å². The maximum absolute atomic E-state index is 12.3. The molecule has 8 heteroatoms. The monoisotopic (exact) mass is 551 g/mol. The van der Waals surface area contributed by atoms with E-state index in [0.29, 0.717) is 25.6 Å². The van der Waals surface area contributed by atoms with E-state index in [1.54, 1.807) is 6.92 Å². The van der Waals surface area contributed by atoms with Crippen LogP contribution in [-0.4, -0.2) is 48.2 Å². The van der Waals surface area contributed by atoms with Crippen molar-refractivity contribution in [1.82, 2.24) is 15.5 Å². The van der Waals surface area contributed by atoms with Gasteiger partial charge in [0.25, 0.3) is 0 Å². The zero-order valence-electron chi connectivity index (χ0n) is 18.8. The number of rotatable bonds is 7. The molecule has 1 saturated heterocycles. The third-order valence-corrected chi connectivity index (χ3v) is 5.33. The third-order valence-electron chi connectivity index (χ3n) is 5.33. The number of aliphatic hydroxyl groups is 1. The first-order chi connectivity index (χ1) is 15.0. The van der Waals surface area contributed by atoms with Crippen LogP contribution in [0.3, 0.4) is 0 Å². The highest BCUT2D eigenvalue weighted by atomic mass is 127. The Morgan fingerprint density at radius 3 is 2.50 bits per heavy atom. The molecule has 4 N–H and O–H groups in total. The summed E-state index contributed by atoms with van der Waals surface area (Å²) < 4.78 is 0. The van der Waals surface area contributed by atoms with E-state index in [-0.39, 0.29) is 30.0 Å². The Kier molecular flexibility index (Phi) is 10.2. The minimum Gasteiger partial charge on any atom is -0.384 e. The fourth-order valence-electron chi connectivity index (χ4n) is 3.54. The van der Waals surface area contributed by atoms with Gasteiger partial charge < -0.3 is 26.0 Å². The minimum absolute atomic E-state index is 0. The van der Waals surface area contributed by atoms with Gasteiger partial charge in [-0.1, -0.05) is 42.5 Å². The molecule has 0 saturated carbocycles. The lowest BCUT2D eigenvalue weighted by atomic mass is 9.96. The number of hydrogen-bond acceptors (Lipinski definition) is 3. The Balaban J connectivity index is 0.00000363.